The van der Waals surface area contributed by atoms with E-state index in [1.54, 1.807) is 33.0 Å². The number of ether oxygens (including phenoxy) is 3. The van der Waals surface area contributed by atoms with Crippen molar-refractivity contribution in [3.05, 3.63) is 132 Å². The van der Waals surface area contributed by atoms with Gasteiger partial charge in [-0.25, -0.2) is 14.4 Å². The maximum Gasteiger partial charge on any atom is 0.419 e. The maximum atomic E-state index is 14.4. The second-order valence-electron chi connectivity index (χ2n) is 13.9. The third-order valence-corrected chi connectivity index (χ3v) is 9.30. The zero-order valence-electron chi connectivity index (χ0n) is 30.0. The number of aromatic nitrogens is 1. The number of amides is 2. The third-order valence-electron chi connectivity index (χ3n) is 9.30. The molecule has 0 aliphatic heterocycles. The summed E-state index contributed by atoms with van der Waals surface area (Å²) in [5.41, 5.74) is 5.59. The molecule has 2 atom stereocenters. The molecular weight excluding hydrogens is 658 g/mol. The number of nitrogens with zero attached hydrogens (tertiary/aromatic N) is 2. The standard InChI is InChI=1S/C42H43N3O7/c1-42(2,3)52-41(49)45-25-28(29-17-13-14-22-36(29)45)24-35(38(46)44(4)37(39(47)50-5)23-27-15-7-6-8-16-27)43-40(48)51-26-34-32-20-11-9-18-30(32)31-19-10-12-21-33(31)34/h6-22,25,34-35,37H,23-24,26H2,1-5H3,(H,43,48)/t35-,37-/m0/s1. The Labute approximate surface area is 303 Å². The Morgan fingerprint density at radius 3 is 2.04 bits per heavy atom. The molecule has 1 aliphatic rings. The number of alkyl carbamates (subject to hydrolysis) is 1. The van der Waals surface area contributed by atoms with E-state index in [0.29, 0.717) is 16.5 Å². The fourth-order valence-electron chi connectivity index (χ4n) is 6.83. The molecule has 0 unspecified atom stereocenters. The second-order valence-corrected chi connectivity index (χ2v) is 13.9. The number of para-hydroxylation sites is 1. The van der Waals surface area contributed by atoms with Crippen molar-refractivity contribution >= 4 is 35.0 Å². The van der Waals surface area contributed by atoms with Crippen molar-refractivity contribution in [1.82, 2.24) is 14.8 Å². The van der Waals surface area contributed by atoms with Crippen LogP contribution in [0.25, 0.3) is 22.0 Å². The summed E-state index contributed by atoms with van der Waals surface area (Å²) in [5, 5.41) is 3.51. The number of likely N-dealkylation sites (N-methyl/N-ethyl adjacent to an activating group) is 1. The largest absolute Gasteiger partial charge is 0.467 e. The Kier molecular flexibility index (Phi) is 10.5. The summed E-state index contributed by atoms with van der Waals surface area (Å²) in [7, 11) is 2.79. The highest BCUT2D eigenvalue weighted by atomic mass is 16.6. The molecule has 5 aromatic rings. The van der Waals surface area contributed by atoms with E-state index in [1.165, 1.54) is 23.6 Å². The zero-order valence-corrected chi connectivity index (χ0v) is 30.0. The van der Waals surface area contributed by atoms with Crippen LogP contribution in [0.4, 0.5) is 9.59 Å². The monoisotopic (exact) mass is 701 g/mol. The number of rotatable bonds is 10. The van der Waals surface area contributed by atoms with Crippen LogP contribution >= 0.6 is 0 Å². The van der Waals surface area contributed by atoms with Gasteiger partial charge in [0, 0.05) is 37.4 Å². The van der Waals surface area contributed by atoms with Crippen molar-refractivity contribution in [2.75, 3.05) is 20.8 Å². The van der Waals surface area contributed by atoms with Gasteiger partial charge in [-0.3, -0.25) is 9.36 Å². The van der Waals surface area contributed by atoms with Crippen LogP contribution in [-0.2, 0) is 36.6 Å². The van der Waals surface area contributed by atoms with E-state index in [9.17, 15) is 19.2 Å². The van der Waals surface area contributed by atoms with Gasteiger partial charge in [0.15, 0.2) is 0 Å². The van der Waals surface area contributed by atoms with Gasteiger partial charge < -0.3 is 24.4 Å². The first-order valence-electron chi connectivity index (χ1n) is 17.3. The first-order valence-corrected chi connectivity index (χ1v) is 17.3. The summed E-state index contributed by atoms with van der Waals surface area (Å²) in [6, 6.07) is 30.5. The van der Waals surface area contributed by atoms with Gasteiger partial charge in [-0.1, -0.05) is 97.1 Å². The molecule has 1 heterocycles. The average molecular weight is 702 g/mol. The first kappa shape index (κ1) is 35.9. The lowest BCUT2D eigenvalue weighted by Gasteiger charge is -2.30. The van der Waals surface area contributed by atoms with Gasteiger partial charge in [0.2, 0.25) is 5.91 Å². The van der Waals surface area contributed by atoms with E-state index in [2.05, 4.69) is 17.4 Å². The third kappa shape index (κ3) is 7.71. The molecule has 0 saturated carbocycles. The number of carbonyl (C=O) groups is 4. The summed E-state index contributed by atoms with van der Waals surface area (Å²) < 4.78 is 18.0. The van der Waals surface area contributed by atoms with E-state index in [1.807, 2.05) is 84.9 Å². The summed E-state index contributed by atoms with van der Waals surface area (Å²) in [5.74, 6) is -1.31. The van der Waals surface area contributed by atoms with E-state index in [-0.39, 0.29) is 25.4 Å². The lowest BCUT2D eigenvalue weighted by atomic mass is 9.98. The molecule has 0 radical (unpaired) electrons. The number of carbonyl (C=O) groups excluding carboxylic acids is 4. The van der Waals surface area contributed by atoms with Gasteiger partial charge in [-0.05, 0) is 60.2 Å². The van der Waals surface area contributed by atoms with Crippen molar-refractivity contribution in [3.8, 4) is 11.1 Å². The van der Waals surface area contributed by atoms with Crippen molar-refractivity contribution in [2.45, 2.75) is 57.2 Å². The molecule has 1 N–H and O–H groups in total. The topological polar surface area (TPSA) is 116 Å². The van der Waals surface area contributed by atoms with Crippen LogP contribution in [0.2, 0.25) is 0 Å². The van der Waals surface area contributed by atoms with Crippen molar-refractivity contribution < 1.29 is 33.4 Å². The fraction of sp³-hybridized carbons (Fsp3) is 0.286. The molecule has 0 fully saturated rings. The molecule has 1 aliphatic carbocycles. The number of hydrogen-bond acceptors (Lipinski definition) is 7. The van der Waals surface area contributed by atoms with E-state index in [4.69, 9.17) is 14.2 Å². The summed E-state index contributed by atoms with van der Waals surface area (Å²) >= 11 is 0. The summed E-state index contributed by atoms with van der Waals surface area (Å²) in [4.78, 5) is 55.8. The van der Waals surface area contributed by atoms with E-state index >= 15 is 0 Å². The zero-order chi connectivity index (χ0) is 37.0. The number of fused-ring (bicyclic) bond motifs is 4. The van der Waals surface area contributed by atoms with E-state index < -0.39 is 41.7 Å². The summed E-state index contributed by atoms with van der Waals surface area (Å²) in [6.07, 6.45) is 0.448. The lowest BCUT2D eigenvalue weighted by Crippen LogP contribution is -2.54. The Balaban J connectivity index is 1.30. The van der Waals surface area contributed by atoms with Crippen LogP contribution in [0.3, 0.4) is 0 Å². The van der Waals surface area contributed by atoms with Crippen LogP contribution in [0.15, 0.2) is 109 Å². The van der Waals surface area contributed by atoms with Crippen LogP contribution in [0.1, 0.15) is 48.9 Å². The van der Waals surface area contributed by atoms with Gasteiger partial charge in [0.25, 0.3) is 0 Å². The Bertz CT molecular complexity index is 2050. The second kappa shape index (κ2) is 15.1. The highest BCUT2D eigenvalue weighted by Gasteiger charge is 2.35. The number of esters is 1. The van der Waals surface area contributed by atoms with Gasteiger partial charge in [-0.15, -0.1) is 0 Å². The maximum absolute atomic E-state index is 14.4. The average Bonchev–Trinajstić information content (AvgIpc) is 3.67. The highest BCUT2D eigenvalue weighted by Crippen LogP contribution is 2.44. The number of benzene rings is 4. The van der Waals surface area contributed by atoms with Gasteiger partial charge in [0.05, 0.1) is 12.6 Å². The highest BCUT2D eigenvalue weighted by molar-refractivity contribution is 5.94. The Hall–Kier alpha value is -5.90. The van der Waals surface area contributed by atoms with Crippen LogP contribution in [0.5, 0.6) is 0 Å². The van der Waals surface area contributed by atoms with Crippen molar-refractivity contribution in [1.29, 1.82) is 0 Å². The lowest BCUT2D eigenvalue weighted by molar-refractivity contribution is -0.152. The van der Waals surface area contributed by atoms with Gasteiger partial charge >= 0.3 is 18.2 Å². The molecule has 52 heavy (non-hydrogen) atoms. The van der Waals surface area contributed by atoms with Gasteiger partial charge in [0.1, 0.15) is 24.3 Å². The smallest absolute Gasteiger partial charge is 0.419 e. The number of hydrogen-bond donors (Lipinski definition) is 1. The molecule has 1 aromatic heterocycles. The minimum atomic E-state index is -1.18. The molecule has 10 heteroatoms. The molecule has 2 amide bonds. The van der Waals surface area contributed by atoms with E-state index in [0.717, 1.165) is 27.8 Å². The molecule has 0 bridgehead atoms. The number of methoxy groups -OCH3 is 1. The molecule has 10 nitrogen and oxygen atoms in total. The molecule has 4 aromatic carbocycles. The number of nitrogens with one attached hydrogen (secondary N) is 1. The van der Waals surface area contributed by atoms with Gasteiger partial charge in [-0.2, -0.15) is 0 Å². The molecule has 0 saturated heterocycles. The molecule has 0 spiro atoms. The summed E-state index contributed by atoms with van der Waals surface area (Å²) in [6.45, 7) is 5.40. The van der Waals surface area contributed by atoms with Crippen molar-refractivity contribution in [2.24, 2.45) is 0 Å². The molecule has 6 rings (SSSR count). The normalized spacial score (nSPS) is 13.4. The predicted molar refractivity (Wildman–Crippen MR) is 198 cm³/mol. The predicted octanol–water partition coefficient (Wildman–Crippen LogP) is 7.12. The Morgan fingerprint density at radius 2 is 1.40 bits per heavy atom. The quantitative estimate of drug-likeness (QED) is 0.122. The Morgan fingerprint density at radius 1 is 0.808 bits per heavy atom. The minimum absolute atomic E-state index is 0.0110. The fourth-order valence-corrected chi connectivity index (χ4v) is 6.83. The first-order chi connectivity index (χ1) is 24.9. The van der Waals surface area contributed by atoms with Crippen LogP contribution in [0, 0.1) is 0 Å². The minimum Gasteiger partial charge on any atom is -0.467 e. The van der Waals surface area contributed by atoms with Crippen LogP contribution in [-0.4, -0.2) is 72.0 Å². The van der Waals surface area contributed by atoms with Crippen LogP contribution < -0.4 is 5.32 Å². The molecule has 268 valence electrons. The SMILES string of the molecule is COC(=O)[C@H](Cc1ccccc1)N(C)C(=O)[C@H](Cc1cn(C(=O)OC(C)(C)C)c2ccccc12)NC(=O)OCC1c2ccccc2-c2ccccc21. The molecular formula is C42H43N3O7. The van der Waals surface area contributed by atoms with Crippen molar-refractivity contribution in [3.63, 3.8) is 0 Å².